The highest BCUT2D eigenvalue weighted by molar-refractivity contribution is 7.90. The van der Waals surface area contributed by atoms with Gasteiger partial charge in [0.1, 0.15) is 0 Å². The van der Waals surface area contributed by atoms with E-state index in [1.807, 2.05) is 0 Å². The van der Waals surface area contributed by atoms with Gasteiger partial charge in [0.2, 0.25) is 0 Å². The van der Waals surface area contributed by atoms with Crippen molar-refractivity contribution in [2.24, 2.45) is 0 Å². The second-order valence-corrected chi connectivity index (χ2v) is 10.8. The summed E-state index contributed by atoms with van der Waals surface area (Å²) in [6.07, 6.45) is 1.17. The van der Waals surface area contributed by atoms with Gasteiger partial charge >= 0.3 is 0 Å². The Morgan fingerprint density at radius 3 is 2.66 bits per heavy atom. The van der Waals surface area contributed by atoms with E-state index in [9.17, 15) is 13.2 Å². The summed E-state index contributed by atoms with van der Waals surface area (Å²) in [5.41, 5.74) is 1.13. The number of fused-ring (bicyclic) bond motifs is 1. The Balaban J connectivity index is 0.00000289. The lowest BCUT2D eigenvalue weighted by Gasteiger charge is -2.29. The van der Waals surface area contributed by atoms with E-state index < -0.39 is 9.84 Å². The van der Waals surface area contributed by atoms with Gasteiger partial charge in [0.05, 0.1) is 28.3 Å². The van der Waals surface area contributed by atoms with Crippen LogP contribution in [-0.4, -0.2) is 69.9 Å². The molecule has 1 saturated heterocycles. The fourth-order valence-electron chi connectivity index (χ4n) is 3.37. The van der Waals surface area contributed by atoms with Crippen LogP contribution in [0.15, 0.2) is 47.4 Å². The van der Waals surface area contributed by atoms with Crippen molar-refractivity contribution in [2.45, 2.75) is 4.90 Å². The van der Waals surface area contributed by atoms with Crippen LogP contribution in [0.25, 0.3) is 10.2 Å². The number of morpholine rings is 1. The van der Waals surface area contributed by atoms with Crippen LogP contribution in [0.2, 0.25) is 5.02 Å². The van der Waals surface area contributed by atoms with E-state index in [0.717, 1.165) is 13.1 Å². The first-order chi connectivity index (χ1) is 14.8. The molecule has 2 heterocycles. The molecular formula is C21H23Cl2N3O4S2. The third kappa shape index (κ3) is 5.78. The van der Waals surface area contributed by atoms with Crippen LogP contribution in [-0.2, 0) is 14.6 Å². The maximum absolute atomic E-state index is 13.4. The number of thiazole rings is 1. The topological polar surface area (TPSA) is 79.8 Å². The van der Waals surface area contributed by atoms with E-state index in [2.05, 4.69) is 9.88 Å². The van der Waals surface area contributed by atoms with Gasteiger partial charge in [0, 0.05) is 43.0 Å². The zero-order valence-corrected chi connectivity index (χ0v) is 20.6. The molecule has 0 radical (unpaired) electrons. The van der Waals surface area contributed by atoms with E-state index >= 15 is 0 Å². The third-order valence-corrected chi connectivity index (χ3v) is 7.45. The molecule has 0 N–H and O–H groups in total. The van der Waals surface area contributed by atoms with Crippen molar-refractivity contribution in [1.29, 1.82) is 0 Å². The van der Waals surface area contributed by atoms with Crippen LogP contribution in [0, 0.1) is 0 Å². The van der Waals surface area contributed by atoms with Gasteiger partial charge < -0.3 is 4.74 Å². The molecule has 0 aliphatic carbocycles. The minimum Gasteiger partial charge on any atom is -0.379 e. The second kappa shape index (κ2) is 10.5. The molecule has 3 aromatic rings. The Kier molecular flexibility index (Phi) is 8.13. The van der Waals surface area contributed by atoms with Gasteiger partial charge in [-0.2, -0.15) is 0 Å². The Morgan fingerprint density at radius 2 is 1.97 bits per heavy atom. The first kappa shape index (κ1) is 24.9. The molecule has 1 aliphatic rings. The number of sulfone groups is 1. The number of ether oxygens (including phenoxy) is 1. The Hall–Kier alpha value is -1.75. The van der Waals surface area contributed by atoms with Crippen molar-refractivity contribution < 1.29 is 17.9 Å². The van der Waals surface area contributed by atoms with E-state index in [0.29, 0.717) is 52.2 Å². The summed E-state index contributed by atoms with van der Waals surface area (Å²) in [4.78, 5) is 22.1. The molecule has 0 unspecified atom stereocenters. The minimum absolute atomic E-state index is 0. The quantitative estimate of drug-likeness (QED) is 0.497. The largest absolute Gasteiger partial charge is 0.379 e. The standard InChI is InChI=1S/C21H22ClN3O4S2.ClH/c1-31(27,28)17-5-6-18-19(14-17)30-21(23-18)25(8-7-24-9-11-29-12-10-24)20(26)15-3-2-4-16(22)13-15;/h2-6,13-14H,7-12H2,1H3;1H. The molecule has 1 fully saturated rings. The monoisotopic (exact) mass is 515 g/mol. The number of hydrogen-bond acceptors (Lipinski definition) is 7. The number of carbonyl (C=O) groups excluding carboxylic acids is 1. The van der Waals surface area contributed by atoms with Crippen LogP contribution < -0.4 is 4.90 Å². The molecule has 1 amide bonds. The normalized spacial score (nSPS) is 14.8. The Morgan fingerprint density at radius 1 is 1.22 bits per heavy atom. The highest BCUT2D eigenvalue weighted by Gasteiger charge is 2.23. The smallest absolute Gasteiger partial charge is 0.260 e. The molecule has 4 rings (SSSR count). The number of halogens is 2. The van der Waals surface area contributed by atoms with Crippen molar-refractivity contribution in [3.05, 3.63) is 53.1 Å². The summed E-state index contributed by atoms with van der Waals surface area (Å²) in [5.74, 6) is -0.196. The second-order valence-electron chi connectivity index (χ2n) is 7.32. The van der Waals surface area contributed by atoms with Crippen LogP contribution >= 0.6 is 35.3 Å². The molecule has 0 saturated carbocycles. The summed E-state index contributed by atoms with van der Waals surface area (Å²) < 4.78 is 29.9. The lowest BCUT2D eigenvalue weighted by atomic mass is 10.2. The van der Waals surface area contributed by atoms with Crippen LogP contribution in [0.5, 0.6) is 0 Å². The van der Waals surface area contributed by atoms with E-state index in [1.165, 1.54) is 23.7 Å². The summed E-state index contributed by atoms with van der Waals surface area (Å²) in [6, 6.07) is 11.7. The number of aromatic nitrogens is 1. The molecule has 172 valence electrons. The third-order valence-electron chi connectivity index (χ3n) is 5.07. The van der Waals surface area contributed by atoms with Crippen LogP contribution in [0.3, 0.4) is 0 Å². The first-order valence-corrected chi connectivity index (χ1v) is 12.9. The van der Waals surface area contributed by atoms with Crippen molar-refractivity contribution in [3.8, 4) is 0 Å². The fraction of sp³-hybridized carbons (Fsp3) is 0.333. The van der Waals surface area contributed by atoms with Gasteiger partial charge in [-0.05, 0) is 36.4 Å². The number of carbonyl (C=O) groups is 1. The lowest BCUT2D eigenvalue weighted by molar-refractivity contribution is 0.0391. The molecular weight excluding hydrogens is 493 g/mol. The van der Waals surface area contributed by atoms with Crippen LogP contribution in [0.4, 0.5) is 5.13 Å². The molecule has 32 heavy (non-hydrogen) atoms. The molecule has 11 heteroatoms. The first-order valence-electron chi connectivity index (χ1n) is 9.79. The van der Waals surface area contributed by atoms with Gasteiger partial charge in [-0.25, -0.2) is 13.4 Å². The summed E-state index contributed by atoms with van der Waals surface area (Å²) in [5, 5.41) is 1.01. The Bertz CT molecular complexity index is 1210. The minimum atomic E-state index is -3.33. The molecule has 1 aliphatic heterocycles. The van der Waals surface area contributed by atoms with Crippen molar-refractivity contribution >= 4 is 66.4 Å². The molecule has 7 nitrogen and oxygen atoms in total. The van der Waals surface area contributed by atoms with Crippen molar-refractivity contribution in [1.82, 2.24) is 9.88 Å². The van der Waals surface area contributed by atoms with Gasteiger partial charge in [0.25, 0.3) is 5.91 Å². The molecule has 0 bridgehead atoms. The average Bonchev–Trinajstić information content (AvgIpc) is 3.17. The number of benzene rings is 2. The number of anilines is 1. The molecule has 2 aromatic carbocycles. The number of nitrogens with zero attached hydrogens (tertiary/aromatic N) is 3. The van der Waals surface area contributed by atoms with Crippen molar-refractivity contribution in [2.75, 3.05) is 50.5 Å². The molecule has 0 atom stereocenters. The maximum atomic E-state index is 13.4. The fourth-order valence-corrected chi connectivity index (χ4v) is 5.31. The van der Waals surface area contributed by atoms with E-state index in [4.69, 9.17) is 16.3 Å². The summed E-state index contributed by atoms with van der Waals surface area (Å²) >= 11 is 7.40. The van der Waals surface area contributed by atoms with Gasteiger partial charge in [-0.3, -0.25) is 14.6 Å². The predicted molar refractivity (Wildman–Crippen MR) is 130 cm³/mol. The summed E-state index contributed by atoms with van der Waals surface area (Å²) in [6.45, 7) is 4.12. The predicted octanol–water partition coefficient (Wildman–Crippen LogP) is 3.75. The molecule has 0 spiro atoms. The maximum Gasteiger partial charge on any atom is 0.260 e. The number of hydrogen-bond donors (Lipinski definition) is 0. The van der Waals surface area contributed by atoms with E-state index in [1.54, 1.807) is 41.3 Å². The SMILES string of the molecule is CS(=O)(=O)c1ccc2nc(N(CCN3CCOCC3)C(=O)c3cccc(Cl)c3)sc2c1.Cl. The average molecular weight is 516 g/mol. The van der Waals surface area contributed by atoms with Gasteiger partial charge in [0.15, 0.2) is 15.0 Å². The number of amides is 1. The van der Waals surface area contributed by atoms with E-state index in [-0.39, 0.29) is 23.2 Å². The number of rotatable bonds is 6. The summed E-state index contributed by atoms with van der Waals surface area (Å²) in [7, 11) is -3.33. The van der Waals surface area contributed by atoms with Crippen LogP contribution in [0.1, 0.15) is 10.4 Å². The molecule has 1 aromatic heterocycles. The van der Waals surface area contributed by atoms with Gasteiger partial charge in [-0.1, -0.05) is 29.0 Å². The van der Waals surface area contributed by atoms with Crippen molar-refractivity contribution in [3.63, 3.8) is 0 Å². The zero-order chi connectivity index (χ0) is 22.0. The van der Waals surface area contributed by atoms with Gasteiger partial charge in [-0.15, -0.1) is 12.4 Å². The Labute approximate surface area is 202 Å². The highest BCUT2D eigenvalue weighted by atomic mass is 35.5. The zero-order valence-electron chi connectivity index (χ0n) is 17.4. The lowest BCUT2D eigenvalue weighted by Crippen LogP contribution is -2.43. The highest BCUT2D eigenvalue weighted by Crippen LogP contribution is 2.31.